The van der Waals surface area contributed by atoms with Crippen LogP contribution in [0.15, 0.2) is 12.4 Å². The second kappa shape index (κ2) is 5.49. The van der Waals surface area contributed by atoms with Crippen molar-refractivity contribution in [2.45, 2.75) is 58.2 Å². The molecule has 1 aliphatic heterocycles. The average Bonchev–Trinajstić information content (AvgIpc) is 2.94. The minimum Gasteiger partial charge on any atom is -0.333 e. The fourth-order valence-electron chi connectivity index (χ4n) is 4.07. The summed E-state index contributed by atoms with van der Waals surface area (Å²) in [6.07, 6.45) is 9.20. The Morgan fingerprint density at radius 3 is 2.75 bits per heavy atom. The van der Waals surface area contributed by atoms with Gasteiger partial charge in [-0.05, 0) is 37.5 Å². The number of imidazole rings is 1. The zero-order valence-electron chi connectivity index (χ0n) is 12.9. The zero-order valence-corrected chi connectivity index (χ0v) is 12.9. The Hall–Kier alpha value is -0.870. The fourth-order valence-corrected chi connectivity index (χ4v) is 4.07. The second-order valence-electron chi connectivity index (χ2n) is 6.97. The zero-order chi connectivity index (χ0) is 14.2. The van der Waals surface area contributed by atoms with Gasteiger partial charge in [-0.1, -0.05) is 13.8 Å². The molecule has 0 amide bonds. The van der Waals surface area contributed by atoms with Gasteiger partial charge in [0.05, 0.1) is 6.54 Å². The minimum atomic E-state index is 0.225. The van der Waals surface area contributed by atoms with Crippen LogP contribution >= 0.6 is 0 Å². The molecule has 0 saturated heterocycles. The maximum atomic E-state index is 6.22. The van der Waals surface area contributed by atoms with Gasteiger partial charge in [0, 0.05) is 37.6 Å². The summed E-state index contributed by atoms with van der Waals surface area (Å²) >= 11 is 0. The van der Waals surface area contributed by atoms with Gasteiger partial charge in [0.1, 0.15) is 5.82 Å². The van der Waals surface area contributed by atoms with Gasteiger partial charge in [-0.15, -0.1) is 0 Å². The summed E-state index contributed by atoms with van der Waals surface area (Å²) in [6.45, 7) is 8.66. The lowest BCUT2D eigenvalue weighted by atomic mass is 9.72. The fraction of sp³-hybridized carbons (Fsp3) is 0.812. The van der Waals surface area contributed by atoms with E-state index in [0.29, 0.717) is 0 Å². The van der Waals surface area contributed by atoms with Gasteiger partial charge in [-0.25, -0.2) is 4.98 Å². The Morgan fingerprint density at radius 1 is 1.35 bits per heavy atom. The van der Waals surface area contributed by atoms with E-state index in [1.807, 2.05) is 6.20 Å². The third-order valence-electron chi connectivity index (χ3n) is 5.70. The molecular weight excluding hydrogens is 248 g/mol. The SMILES string of the molecule is CC(C)C1CCC(CN)(N2CCn3ccnc3C2)CC1. The molecule has 1 saturated carbocycles. The molecule has 1 aliphatic carbocycles. The van der Waals surface area contributed by atoms with Crippen LogP contribution in [-0.2, 0) is 13.1 Å². The molecular formula is C16H28N4. The van der Waals surface area contributed by atoms with Gasteiger partial charge in [0.15, 0.2) is 0 Å². The standard InChI is InChI=1S/C16H28N4/c1-13(2)14-3-5-16(12-17,6-4-14)20-10-9-19-8-7-18-15(19)11-20/h7-8,13-14H,3-6,9-12,17H2,1-2H3. The Morgan fingerprint density at radius 2 is 2.10 bits per heavy atom. The number of hydrogen-bond donors (Lipinski definition) is 1. The molecule has 1 aromatic heterocycles. The van der Waals surface area contributed by atoms with Gasteiger partial charge in [-0.3, -0.25) is 4.90 Å². The van der Waals surface area contributed by atoms with Gasteiger partial charge in [0.25, 0.3) is 0 Å². The summed E-state index contributed by atoms with van der Waals surface area (Å²) in [5.41, 5.74) is 6.44. The third kappa shape index (κ3) is 2.40. The first-order valence-corrected chi connectivity index (χ1v) is 8.10. The molecule has 2 heterocycles. The first kappa shape index (κ1) is 14.1. The molecule has 2 aliphatic rings. The van der Waals surface area contributed by atoms with E-state index in [1.54, 1.807) is 0 Å². The van der Waals surface area contributed by atoms with Crippen LogP contribution in [0.4, 0.5) is 0 Å². The van der Waals surface area contributed by atoms with Crippen LogP contribution in [0.1, 0.15) is 45.4 Å². The van der Waals surface area contributed by atoms with Crippen molar-refractivity contribution in [2.75, 3.05) is 13.1 Å². The van der Waals surface area contributed by atoms with E-state index in [9.17, 15) is 0 Å². The summed E-state index contributed by atoms with van der Waals surface area (Å²) < 4.78 is 2.28. The lowest BCUT2D eigenvalue weighted by molar-refractivity contribution is 0.0140. The van der Waals surface area contributed by atoms with Crippen molar-refractivity contribution in [1.82, 2.24) is 14.5 Å². The van der Waals surface area contributed by atoms with Crippen molar-refractivity contribution >= 4 is 0 Å². The number of nitrogens with zero attached hydrogens (tertiary/aromatic N) is 3. The lowest BCUT2D eigenvalue weighted by Crippen LogP contribution is -2.57. The van der Waals surface area contributed by atoms with Crippen molar-refractivity contribution in [3.8, 4) is 0 Å². The van der Waals surface area contributed by atoms with Gasteiger partial charge >= 0.3 is 0 Å². The van der Waals surface area contributed by atoms with E-state index in [4.69, 9.17) is 5.73 Å². The van der Waals surface area contributed by atoms with Crippen LogP contribution in [0, 0.1) is 11.8 Å². The summed E-state index contributed by atoms with van der Waals surface area (Å²) in [7, 11) is 0. The first-order chi connectivity index (χ1) is 9.64. The maximum Gasteiger partial charge on any atom is 0.122 e. The number of nitrogens with two attached hydrogens (primary N) is 1. The maximum absolute atomic E-state index is 6.22. The van der Waals surface area contributed by atoms with Crippen LogP contribution in [0.5, 0.6) is 0 Å². The molecule has 20 heavy (non-hydrogen) atoms. The quantitative estimate of drug-likeness (QED) is 0.921. The van der Waals surface area contributed by atoms with Crippen LogP contribution in [-0.4, -0.2) is 33.1 Å². The molecule has 4 heteroatoms. The van der Waals surface area contributed by atoms with E-state index in [0.717, 1.165) is 38.0 Å². The van der Waals surface area contributed by atoms with Crippen LogP contribution in [0.25, 0.3) is 0 Å². The smallest absolute Gasteiger partial charge is 0.122 e. The van der Waals surface area contributed by atoms with Crippen molar-refractivity contribution in [1.29, 1.82) is 0 Å². The number of aromatic nitrogens is 2. The molecule has 0 spiro atoms. The molecule has 0 aromatic carbocycles. The summed E-state index contributed by atoms with van der Waals surface area (Å²) in [4.78, 5) is 7.11. The molecule has 1 aromatic rings. The van der Waals surface area contributed by atoms with Crippen molar-refractivity contribution in [3.05, 3.63) is 18.2 Å². The van der Waals surface area contributed by atoms with Gasteiger partial charge < -0.3 is 10.3 Å². The minimum absolute atomic E-state index is 0.225. The van der Waals surface area contributed by atoms with Gasteiger partial charge in [-0.2, -0.15) is 0 Å². The summed E-state index contributed by atoms with van der Waals surface area (Å²) in [5.74, 6) is 2.91. The average molecular weight is 276 g/mol. The predicted octanol–water partition coefficient (Wildman–Crippen LogP) is 2.24. The molecule has 0 radical (unpaired) electrons. The monoisotopic (exact) mass is 276 g/mol. The molecule has 1 fully saturated rings. The van der Waals surface area contributed by atoms with Crippen LogP contribution < -0.4 is 5.73 Å². The third-order valence-corrected chi connectivity index (χ3v) is 5.70. The van der Waals surface area contributed by atoms with Crippen molar-refractivity contribution in [2.24, 2.45) is 17.6 Å². The van der Waals surface area contributed by atoms with E-state index >= 15 is 0 Å². The molecule has 0 unspecified atom stereocenters. The van der Waals surface area contributed by atoms with E-state index in [-0.39, 0.29) is 5.54 Å². The molecule has 0 atom stereocenters. The van der Waals surface area contributed by atoms with Crippen molar-refractivity contribution < 1.29 is 0 Å². The number of fused-ring (bicyclic) bond motifs is 1. The Balaban J connectivity index is 1.71. The van der Waals surface area contributed by atoms with Crippen LogP contribution in [0.2, 0.25) is 0 Å². The molecule has 0 bridgehead atoms. The molecule has 3 rings (SSSR count). The van der Waals surface area contributed by atoms with Crippen molar-refractivity contribution in [3.63, 3.8) is 0 Å². The van der Waals surface area contributed by atoms with E-state index in [2.05, 4.69) is 34.5 Å². The highest BCUT2D eigenvalue weighted by atomic mass is 15.3. The lowest BCUT2D eigenvalue weighted by Gasteiger charge is -2.49. The Bertz CT molecular complexity index is 443. The molecule has 2 N–H and O–H groups in total. The topological polar surface area (TPSA) is 47.1 Å². The Labute approximate surface area is 122 Å². The Kier molecular flexibility index (Phi) is 3.87. The largest absolute Gasteiger partial charge is 0.333 e. The molecule has 4 nitrogen and oxygen atoms in total. The second-order valence-corrected chi connectivity index (χ2v) is 6.97. The summed E-state index contributed by atoms with van der Waals surface area (Å²) in [5, 5.41) is 0. The predicted molar refractivity (Wildman–Crippen MR) is 81.2 cm³/mol. The normalized spacial score (nSPS) is 31.5. The van der Waals surface area contributed by atoms with E-state index < -0.39 is 0 Å². The first-order valence-electron chi connectivity index (χ1n) is 8.10. The number of rotatable bonds is 3. The highest BCUT2D eigenvalue weighted by molar-refractivity contribution is 5.03. The highest BCUT2D eigenvalue weighted by Gasteiger charge is 2.41. The van der Waals surface area contributed by atoms with E-state index in [1.165, 1.54) is 31.5 Å². The van der Waals surface area contributed by atoms with Gasteiger partial charge in [0.2, 0.25) is 0 Å². The molecule has 112 valence electrons. The summed E-state index contributed by atoms with van der Waals surface area (Å²) in [6, 6.07) is 0. The number of hydrogen-bond acceptors (Lipinski definition) is 3. The van der Waals surface area contributed by atoms with Crippen LogP contribution in [0.3, 0.4) is 0 Å². The highest BCUT2D eigenvalue weighted by Crippen LogP contribution is 2.40.